The number of aliphatic carboxylic acids is 1. The maximum Gasteiger partial charge on any atom is 0.324 e. The summed E-state index contributed by atoms with van der Waals surface area (Å²) in [5.74, 6) is -0.753. The molecule has 0 aromatic heterocycles. The number of morpholine rings is 1. The molecule has 10 heteroatoms. The first kappa shape index (κ1) is 25.5. The van der Waals surface area contributed by atoms with E-state index >= 15 is 0 Å². The van der Waals surface area contributed by atoms with Crippen molar-refractivity contribution >= 4 is 27.6 Å². The van der Waals surface area contributed by atoms with E-state index < -0.39 is 34.2 Å². The van der Waals surface area contributed by atoms with Gasteiger partial charge in [0.2, 0.25) is 10.0 Å². The molecule has 0 amide bonds. The Hall–Kier alpha value is -2.17. The van der Waals surface area contributed by atoms with Crippen LogP contribution in [-0.4, -0.2) is 73.6 Å². The smallest absolute Gasteiger partial charge is 0.324 e. The molecule has 1 saturated heterocycles. The number of hydrogen-bond acceptors (Lipinski definition) is 6. The van der Waals surface area contributed by atoms with Gasteiger partial charge in [-0.05, 0) is 62.5 Å². The Labute approximate surface area is 199 Å². The first-order valence-corrected chi connectivity index (χ1v) is 12.5. The molecule has 8 nitrogen and oxygen atoms in total. The van der Waals surface area contributed by atoms with Gasteiger partial charge in [0.15, 0.2) is 0 Å². The standard InChI is InChI=1S/C23H29ClN2O6S/c1-4-25(3)13-20-14-26(22(23(27)28)16(2)32-20)33(29,30)21-10-8-19(9-11-21)31-15-17-6-5-7-18(24)12-17/h5-12,16,20,22H,4,13-15H2,1-3H3,(H,27,28)/t16-,20-,22+/m0/s1. The van der Waals surface area contributed by atoms with Crippen molar-refractivity contribution in [2.45, 2.75) is 43.6 Å². The van der Waals surface area contributed by atoms with Gasteiger partial charge < -0.3 is 19.5 Å². The SMILES string of the molecule is CCN(C)C[C@H]1CN(S(=O)(=O)c2ccc(OCc3cccc(Cl)c3)cc2)[C@@H](C(=O)O)[C@H](C)O1. The molecule has 0 radical (unpaired) electrons. The van der Waals surface area contributed by atoms with E-state index in [4.69, 9.17) is 21.1 Å². The Morgan fingerprint density at radius 1 is 1.27 bits per heavy atom. The maximum atomic E-state index is 13.4. The number of carbonyl (C=O) groups is 1. The van der Waals surface area contributed by atoms with Crippen molar-refractivity contribution in [3.05, 3.63) is 59.1 Å². The highest BCUT2D eigenvalue weighted by molar-refractivity contribution is 7.89. The van der Waals surface area contributed by atoms with Crippen molar-refractivity contribution in [1.82, 2.24) is 9.21 Å². The van der Waals surface area contributed by atoms with Gasteiger partial charge in [0, 0.05) is 18.1 Å². The Morgan fingerprint density at radius 3 is 2.58 bits per heavy atom. The zero-order valence-corrected chi connectivity index (χ0v) is 20.4. The maximum absolute atomic E-state index is 13.4. The van der Waals surface area contributed by atoms with Gasteiger partial charge >= 0.3 is 5.97 Å². The number of rotatable bonds is 9. The second-order valence-corrected chi connectivity index (χ2v) is 10.4. The summed E-state index contributed by atoms with van der Waals surface area (Å²) in [6.45, 7) is 5.07. The number of halogens is 1. The molecule has 1 aliphatic heterocycles. The first-order chi connectivity index (χ1) is 15.6. The van der Waals surface area contributed by atoms with Gasteiger partial charge in [0.1, 0.15) is 18.4 Å². The van der Waals surface area contributed by atoms with Crippen LogP contribution in [0.15, 0.2) is 53.4 Å². The monoisotopic (exact) mass is 496 g/mol. The number of carboxylic acid groups (broad SMARTS) is 1. The number of likely N-dealkylation sites (N-methyl/N-ethyl adjacent to an activating group) is 1. The van der Waals surface area contributed by atoms with E-state index in [1.165, 1.54) is 12.1 Å². The predicted molar refractivity (Wildman–Crippen MR) is 125 cm³/mol. The molecule has 1 aliphatic rings. The Balaban J connectivity index is 1.78. The summed E-state index contributed by atoms with van der Waals surface area (Å²) in [5, 5.41) is 10.3. The van der Waals surface area contributed by atoms with E-state index in [-0.39, 0.29) is 18.0 Å². The molecule has 33 heavy (non-hydrogen) atoms. The van der Waals surface area contributed by atoms with Crippen LogP contribution >= 0.6 is 11.6 Å². The van der Waals surface area contributed by atoms with Crippen LogP contribution in [0.5, 0.6) is 5.75 Å². The fourth-order valence-electron chi connectivity index (χ4n) is 3.76. The third kappa shape index (κ3) is 6.24. The number of hydrogen-bond donors (Lipinski definition) is 1. The van der Waals surface area contributed by atoms with E-state index in [1.54, 1.807) is 31.2 Å². The number of sulfonamides is 1. The molecule has 1 heterocycles. The van der Waals surface area contributed by atoms with Crippen molar-refractivity contribution in [3.8, 4) is 5.75 Å². The minimum absolute atomic E-state index is 0.000511. The molecule has 0 saturated carbocycles. The first-order valence-electron chi connectivity index (χ1n) is 10.7. The van der Waals surface area contributed by atoms with Gasteiger partial charge in [0.05, 0.1) is 17.1 Å². The van der Waals surface area contributed by atoms with Crippen LogP contribution in [0.2, 0.25) is 5.02 Å². The summed E-state index contributed by atoms with van der Waals surface area (Å²) in [4.78, 5) is 13.9. The van der Waals surface area contributed by atoms with Gasteiger partial charge in [0.25, 0.3) is 0 Å². The predicted octanol–water partition coefficient (Wildman–Crippen LogP) is 3.10. The van der Waals surface area contributed by atoms with Crippen LogP contribution in [0.25, 0.3) is 0 Å². The Morgan fingerprint density at radius 2 is 1.97 bits per heavy atom. The van der Waals surface area contributed by atoms with E-state index in [2.05, 4.69) is 0 Å². The molecule has 2 aromatic rings. The minimum Gasteiger partial charge on any atom is -0.489 e. The van der Waals surface area contributed by atoms with Gasteiger partial charge in [-0.25, -0.2) is 8.42 Å². The second-order valence-electron chi connectivity index (χ2n) is 8.07. The highest BCUT2D eigenvalue weighted by atomic mass is 35.5. The van der Waals surface area contributed by atoms with Crippen molar-refractivity contribution < 1.29 is 27.8 Å². The zero-order valence-electron chi connectivity index (χ0n) is 18.8. The number of ether oxygens (including phenoxy) is 2. The van der Waals surface area contributed by atoms with Crippen LogP contribution in [0.1, 0.15) is 19.4 Å². The molecule has 180 valence electrons. The molecule has 0 aliphatic carbocycles. The largest absolute Gasteiger partial charge is 0.489 e. The van der Waals surface area contributed by atoms with Gasteiger partial charge in [-0.2, -0.15) is 4.31 Å². The lowest BCUT2D eigenvalue weighted by atomic mass is 10.1. The molecule has 0 bridgehead atoms. The van der Waals surface area contributed by atoms with Crippen molar-refractivity contribution in [1.29, 1.82) is 0 Å². The molecular weight excluding hydrogens is 468 g/mol. The average molecular weight is 497 g/mol. The quantitative estimate of drug-likeness (QED) is 0.569. The Kier molecular flexibility index (Phi) is 8.36. The Bertz CT molecular complexity index is 1060. The number of carboxylic acids is 1. The molecule has 0 spiro atoms. The van der Waals surface area contributed by atoms with Gasteiger partial charge in [-0.1, -0.05) is 30.7 Å². The summed E-state index contributed by atoms with van der Waals surface area (Å²) in [6.07, 6.45) is -1.22. The lowest BCUT2D eigenvalue weighted by Gasteiger charge is -2.41. The number of benzene rings is 2. The molecular formula is C23H29ClN2O6S. The van der Waals surface area contributed by atoms with Crippen molar-refractivity contribution in [3.63, 3.8) is 0 Å². The van der Waals surface area contributed by atoms with E-state index in [1.807, 2.05) is 31.0 Å². The van der Waals surface area contributed by atoms with Crippen LogP contribution in [0.3, 0.4) is 0 Å². The fourth-order valence-corrected chi connectivity index (χ4v) is 5.64. The van der Waals surface area contributed by atoms with Crippen LogP contribution < -0.4 is 4.74 Å². The summed E-state index contributed by atoms with van der Waals surface area (Å²) < 4.78 is 39.4. The highest BCUT2D eigenvalue weighted by Crippen LogP contribution is 2.28. The summed E-state index contributed by atoms with van der Waals surface area (Å²) in [7, 11) is -2.17. The summed E-state index contributed by atoms with van der Waals surface area (Å²) >= 11 is 5.98. The van der Waals surface area contributed by atoms with Gasteiger partial charge in [-0.3, -0.25) is 4.79 Å². The molecule has 1 N–H and O–H groups in total. The molecule has 1 fully saturated rings. The van der Waals surface area contributed by atoms with Crippen molar-refractivity contribution in [2.24, 2.45) is 0 Å². The molecule has 3 atom stereocenters. The average Bonchev–Trinajstić information content (AvgIpc) is 2.77. The van der Waals surface area contributed by atoms with Crippen LogP contribution in [-0.2, 0) is 26.2 Å². The lowest BCUT2D eigenvalue weighted by molar-refractivity contribution is -0.157. The van der Waals surface area contributed by atoms with Crippen molar-refractivity contribution in [2.75, 3.05) is 26.7 Å². The van der Waals surface area contributed by atoms with Crippen LogP contribution in [0.4, 0.5) is 0 Å². The molecule has 2 aromatic carbocycles. The zero-order chi connectivity index (χ0) is 24.2. The second kappa shape index (κ2) is 10.8. The highest BCUT2D eigenvalue weighted by Gasteiger charge is 2.45. The summed E-state index contributed by atoms with van der Waals surface area (Å²) in [5.41, 5.74) is 0.883. The van der Waals surface area contributed by atoms with E-state index in [9.17, 15) is 18.3 Å². The van der Waals surface area contributed by atoms with E-state index in [0.29, 0.717) is 17.3 Å². The topological polar surface area (TPSA) is 96.4 Å². The fraction of sp³-hybridized carbons (Fsp3) is 0.435. The van der Waals surface area contributed by atoms with E-state index in [0.717, 1.165) is 16.4 Å². The molecule has 0 unspecified atom stereocenters. The third-order valence-electron chi connectivity index (χ3n) is 5.58. The normalized spacial score (nSPS) is 21.8. The summed E-state index contributed by atoms with van der Waals surface area (Å²) in [6, 6.07) is 11.9. The van der Waals surface area contributed by atoms with Gasteiger partial charge in [-0.15, -0.1) is 0 Å². The van der Waals surface area contributed by atoms with Crippen LogP contribution in [0, 0.1) is 0 Å². The molecule has 3 rings (SSSR count). The third-order valence-corrected chi connectivity index (χ3v) is 7.68. The number of nitrogens with zero attached hydrogens (tertiary/aromatic N) is 2. The lowest BCUT2D eigenvalue weighted by Crippen LogP contribution is -2.60. The minimum atomic E-state index is -4.07.